The average molecular weight is 356 g/mol. The second-order valence-corrected chi connectivity index (χ2v) is 6.20. The first-order valence-corrected chi connectivity index (χ1v) is 8.86. The number of ether oxygens (including phenoxy) is 1. The summed E-state index contributed by atoms with van der Waals surface area (Å²) in [7, 11) is 0. The Kier molecular flexibility index (Phi) is 4.58. The molecule has 4 aromatic rings. The number of nitrogens with zero attached hydrogens (tertiary/aromatic N) is 2. The first-order chi connectivity index (χ1) is 13.2. The SMILES string of the molecule is CCc1ccc(Nc2ncnc(Oc3cccc4ccccc34)c2N)cc1. The minimum atomic E-state index is 0.328. The van der Waals surface area contributed by atoms with Crippen molar-refractivity contribution in [2.24, 2.45) is 0 Å². The Balaban J connectivity index is 1.63. The lowest BCUT2D eigenvalue weighted by molar-refractivity contribution is 0.470. The van der Waals surface area contributed by atoms with Crippen LogP contribution in [-0.4, -0.2) is 9.97 Å². The van der Waals surface area contributed by atoms with Gasteiger partial charge < -0.3 is 15.8 Å². The molecular formula is C22H20N4O. The molecule has 0 saturated heterocycles. The van der Waals surface area contributed by atoms with Crippen LogP contribution in [0.3, 0.4) is 0 Å². The molecule has 0 fully saturated rings. The third-order valence-corrected chi connectivity index (χ3v) is 4.43. The minimum Gasteiger partial charge on any atom is -0.436 e. The molecule has 0 bridgehead atoms. The van der Waals surface area contributed by atoms with Gasteiger partial charge >= 0.3 is 0 Å². The van der Waals surface area contributed by atoms with E-state index in [9.17, 15) is 0 Å². The molecule has 0 aliphatic carbocycles. The Labute approximate surface area is 157 Å². The first-order valence-electron chi connectivity index (χ1n) is 8.86. The molecule has 0 aliphatic heterocycles. The summed E-state index contributed by atoms with van der Waals surface area (Å²) >= 11 is 0. The molecule has 0 atom stereocenters. The molecule has 5 heteroatoms. The number of fused-ring (bicyclic) bond motifs is 1. The van der Waals surface area contributed by atoms with Crippen molar-refractivity contribution in [3.8, 4) is 11.6 Å². The van der Waals surface area contributed by atoms with Gasteiger partial charge in [-0.15, -0.1) is 0 Å². The maximum atomic E-state index is 6.27. The maximum absolute atomic E-state index is 6.27. The van der Waals surface area contributed by atoms with Gasteiger partial charge in [0.2, 0.25) is 5.88 Å². The van der Waals surface area contributed by atoms with E-state index in [4.69, 9.17) is 10.5 Å². The van der Waals surface area contributed by atoms with Gasteiger partial charge in [-0.25, -0.2) is 4.98 Å². The van der Waals surface area contributed by atoms with E-state index in [2.05, 4.69) is 34.3 Å². The number of nitrogens with one attached hydrogen (secondary N) is 1. The Morgan fingerprint density at radius 3 is 2.52 bits per heavy atom. The van der Waals surface area contributed by atoms with Crippen molar-refractivity contribution in [1.29, 1.82) is 0 Å². The molecule has 27 heavy (non-hydrogen) atoms. The summed E-state index contributed by atoms with van der Waals surface area (Å²) in [5.74, 6) is 1.55. The highest BCUT2D eigenvalue weighted by molar-refractivity contribution is 5.88. The molecule has 5 nitrogen and oxygen atoms in total. The molecule has 1 heterocycles. The number of nitrogen functional groups attached to an aromatic ring is 1. The zero-order chi connectivity index (χ0) is 18.6. The molecule has 1 aromatic heterocycles. The largest absolute Gasteiger partial charge is 0.436 e. The van der Waals surface area contributed by atoms with E-state index in [1.165, 1.54) is 11.9 Å². The summed E-state index contributed by atoms with van der Waals surface area (Å²) in [6, 6.07) is 22.1. The number of nitrogens with two attached hydrogens (primary N) is 1. The fourth-order valence-corrected chi connectivity index (χ4v) is 2.91. The number of aromatic nitrogens is 2. The van der Waals surface area contributed by atoms with E-state index in [1.807, 2.05) is 54.6 Å². The summed E-state index contributed by atoms with van der Waals surface area (Å²) in [5.41, 5.74) is 8.82. The number of aryl methyl sites for hydroxylation is 1. The van der Waals surface area contributed by atoms with Crippen LogP contribution in [0.5, 0.6) is 11.6 Å². The van der Waals surface area contributed by atoms with Crippen LogP contribution >= 0.6 is 0 Å². The minimum absolute atomic E-state index is 0.328. The normalized spacial score (nSPS) is 10.7. The number of hydrogen-bond acceptors (Lipinski definition) is 5. The molecule has 134 valence electrons. The summed E-state index contributed by atoms with van der Waals surface area (Å²) in [5, 5.41) is 5.33. The lowest BCUT2D eigenvalue weighted by atomic mass is 10.1. The molecule has 3 N–H and O–H groups in total. The van der Waals surface area contributed by atoms with Gasteiger partial charge in [0.05, 0.1) is 0 Å². The zero-order valence-corrected chi connectivity index (χ0v) is 15.0. The third kappa shape index (κ3) is 3.53. The fourth-order valence-electron chi connectivity index (χ4n) is 2.91. The summed E-state index contributed by atoms with van der Waals surface area (Å²) in [4.78, 5) is 8.47. The van der Waals surface area contributed by atoms with Crippen molar-refractivity contribution in [2.75, 3.05) is 11.1 Å². The van der Waals surface area contributed by atoms with Crippen molar-refractivity contribution < 1.29 is 4.74 Å². The van der Waals surface area contributed by atoms with Crippen LogP contribution in [0.1, 0.15) is 12.5 Å². The number of hydrogen-bond donors (Lipinski definition) is 2. The van der Waals surface area contributed by atoms with Gasteiger partial charge in [-0.3, -0.25) is 0 Å². The van der Waals surface area contributed by atoms with E-state index >= 15 is 0 Å². The Bertz CT molecular complexity index is 1070. The lowest BCUT2D eigenvalue weighted by Gasteiger charge is -2.13. The molecule has 4 rings (SSSR count). The van der Waals surface area contributed by atoms with Crippen LogP contribution in [0.15, 0.2) is 73.1 Å². The van der Waals surface area contributed by atoms with Crippen LogP contribution in [0.25, 0.3) is 10.8 Å². The Morgan fingerprint density at radius 2 is 1.70 bits per heavy atom. The van der Waals surface area contributed by atoms with Crippen molar-refractivity contribution in [3.63, 3.8) is 0 Å². The van der Waals surface area contributed by atoms with Crippen molar-refractivity contribution in [2.45, 2.75) is 13.3 Å². The van der Waals surface area contributed by atoms with Gasteiger partial charge in [0, 0.05) is 11.1 Å². The highest BCUT2D eigenvalue weighted by atomic mass is 16.5. The van der Waals surface area contributed by atoms with Gasteiger partial charge in [0.1, 0.15) is 17.8 Å². The monoisotopic (exact) mass is 356 g/mol. The maximum Gasteiger partial charge on any atom is 0.248 e. The number of anilines is 3. The summed E-state index contributed by atoms with van der Waals surface area (Å²) < 4.78 is 6.02. The first kappa shape index (κ1) is 16.8. The van der Waals surface area contributed by atoms with Gasteiger partial charge in [-0.2, -0.15) is 4.98 Å². The van der Waals surface area contributed by atoms with Gasteiger partial charge in [-0.05, 0) is 35.6 Å². The Hall–Kier alpha value is -3.60. The smallest absolute Gasteiger partial charge is 0.248 e. The molecule has 0 amide bonds. The molecule has 0 saturated carbocycles. The zero-order valence-electron chi connectivity index (χ0n) is 15.0. The van der Waals surface area contributed by atoms with Crippen LogP contribution in [0.2, 0.25) is 0 Å². The van der Waals surface area contributed by atoms with Crippen LogP contribution in [0, 0.1) is 0 Å². The summed E-state index contributed by atoms with van der Waals surface area (Å²) in [6.07, 6.45) is 2.44. The highest BCUT2D eigenvalue weighted by Gasteiger charge is 2.12. The molecule has 0 spiro atoms. The predicted octanol–water partition coefficient (Wildman–Crippen LogP) is 5.31. The molecule has 0 unspecified atom stereocenters. The fraction of sp³-hybridized carbons (Fsp3) is 0.0909. The van der Waals surface area contributed by atoms with E-state index in [1.54, 1.807) is 0 Å². The van der Waals surface area contributed by atoms with Crippen LogP contribution in [-0.2, 0) is 6.42 Å². The average Bonchev–Trinajstić information content (AvgIpc) is 2.72. The molecule has 0 aliphatic rings. The number of rotatable bonds is 5. The van der Waals surface area contributed by atoms with Crippen molar-refractivity contribution in [1.82, 2.24) is 9.97 Å². The Morgan fingerprint density at radius 1 is 0.926 bits per heavy atom. The standard InChI is InChI=1S/C22H20N4O/c1-2-15-10-12-17(13-11-15)26-21-20(23)22(25-14-24-21)27-19-9-5-7-16-6-3-4-8-18(16)19/h3-14H,2,23H2,1H3,(H,24,25,26). The molecule has 0 radical (unpaired) electrons. The van der Waals surface area contributed by atoms with Gasteiger partial charge in [0.15, 0.2) is 5.82 Å². The van der Waals surface area contributed by atoms with Crippen LogP contribution < -0.4 is 15.8 Å². The van der Waals surface area contributed by atoms with Gasteiger partial charge in [0.25, 0.3) is 0 Å². The highest BCUT2D eigenvalue weighted by Crippen LogP contribution is 2.34. The van der Waals surface area contributed by atoms with Crippen molar-refractivity contribution in [3.05, 3.63) is 78.6 Å². The van der Waals surface area contributed by atoms with E-state index in [-0.39, 0.29) is 0 Å². The third-order valence-electron chi connectivity index (χ3n) is 4.43. The molecular weight excluding hydrogens is 336 g/mol. The van der Waals surface area contributed by atoms with Gasteiger partial charge in [-0.1, -0.05) is 55.5 Å². The van der Waals surface area contributed by atoms with E-state index in [0.717, 1.165) is 22.9 Å². The molecule has 3 aromatic carbocycles. The number of benzene rings is 3. The van der Waals surface area contributed by atoms with Crippen molar-refractivity contribution >= 4 is 28.0 Å². The lowest BCUT2D eigenvalue weighted by Crippen LogP contribution is -2.03. The second kappa shape index (κ2) is 7.33. The quantitative estimate of drug-likeness (QED) is 0.507. The van der Waals surface area contributed by atoms with E-state index in [0.29, 0.717) is 23.1 Å². The summed E-state index contributed by atoms with van der Waals surface area (Å²) in [6.45, 7) is 2.13. The second-order valence-electron chi connectivity index (χ2n) is 6.20. The topological polar surface area (TPSA) is 73.1 Å². The van der Waals surface area contributed by atoms with E-state index < -0.39 is 0 Å². The van der Waals surface area contributed by atoms with Crippen LogP contribution in [0.4, 0.5) is 17.2 Å². The predicted molar refractivity (Wildman–Crippen MR) is 110 cm³/mol.